The quantitative estimate of drug-likeness (QED) is 0.880. The molecule has 0 aliphatic heterocycles. The number of aromatic amines is 1. The summed E-state index contributed by atoms with van der Waals surface area (Å²) in [4.78, 5) is 10.8. The van der Waals surface area contributed by atoms with E-state index in [1.807, 2.05) is 6.07 Å². The molecule has 5 nitrogen and oxygen atoms in total. The van der Waals surface area contributed by atoms with Gasteiger partial charge in [-0.2, -0.15) is 5.10 Å². The lowest BCUT2D eigenvalue weighted by molar-refractivity contribution is 0.355. The van der Waals surface area contributed by atoms with Gasteiger partial charge in [0, 0.05) is 5.56 Å². The van der Waals surface area contributed by atoms with Gasteiger partial charge in [-0.15, -0.1) is 0 Å². The van der Waals surface area contributed by atoms with Crippen molar-refractivity contribution in [2.45, 2.75) is 0 Å². The fourth-order valence-electron chi connectivity index (χ4n) is 1.32. The van der Waals surface area contributed by atoms with Crippen LogP contribution >= 0.6 is 11.3 Å². The number of ether oxygens (including phenoxy) is 2. The van der Waals surface area contributed by atoms with Gasteiger partial charge in [0.25, 0.3) is 0 Å². The number of H-pyrrole nitrogens is 1. The SMILES string of the molecule is COc1ccc(-c2n[nH]c(=O)s2)cc1OC. The van der Waals surface area contributed by atoms with Crippen LogP contribution in [-0.2, 0) is 0 Å². The molecule has 0 radical (unpaired) electrons. The summed E-state index contributed by atoms with van der Waals surface area (Å²) < 4.78 is 10.3. The molecule has 6 heteroatoms. The van der Waals surface area contributed by atoms with E-state index in [4.69, 9.17) is 9.47 Å². The summed E-state index contributed by atoms with van der Waals surface area (Å²) in [6, 6.07) is 5.39. The molecule has 16 heavy (non-hydrogen) atoms. The van der Waals surface area contributed by atoms with Crippen molar-refractivity contribution < 1.29 is 9.47 Å². The maximum absolute atomic E-state index is 11.0. The third-order valence-electron chi connectivity index (χ3n) is 2.07. The van der Waals surface area contributed by atoms with Crippen molar-refractivity contribution >= 4 is 11.3 Å². The summed E-state index contributed by atoms with van der Waals surface area (Å²) in [5, 5.41) is 6.91. The molecule has 0 spiro atoms. The van der Waals surface area contributed by atoms with Crippen LogP contribution in [0.4, 0.5) is 0 Å². The number of rotatable bonds is 3. The van der Waals surface area contributed by atoms with Crippen LogP contribution in [0.25, 0.3) is 10.6 Å². The fourth-order valence-corrected chi connectivity index (χ4v) is 1.93. The van der Waals surface area contributed by atoms with Crippen LogP contribution in [0.15, 0.2) is 23.0 Å². The maximum atomic E-state index is 11.0. The number of nitrogens with one attached hydrogen (secondary N) is 1. The average Bonchev–Trinajstić information content (AvgIpc) is 2.75. The van der Waals surface area contributed by atoms with Crippen molar-refractivity contribution in [2.24, 2.45) is 0 Å². The summed E-state index contributed by atoms with van der Waals surface area (Å²) in [6.07, 6.45) is 0. The fraction of sp³-hybridized carbons (Fsp3) is 0.200. The normalized spacial score (nSPS) is 10.1. The second-order valence-electron chi connectivity index (χ2n) is 2.99. The number of hydrogen-bond acceptors (Lipinski definition) is 5. The summed E-state index contributed by atoms with van der Waals surface area (Å²) in [6.45, 7) is 0. The first kappa shape index (κ1) is 10.7. The molecule has 0 bridgehead atoms. The molecular weight excluding hydrogens is 228 g/mol. The molecule has 0 aliphatic rings. The Hall–Kier alpha value is -1.82. The van der Waals surface area contributed by atoms with Crippen LogP contribution in [0.2, 0.25) is 0 Å². The van der Waals surface area contributed by atoms with Crippen molar-refractivity contribution in [3.8, 4) is 22.1 Å². The standard InChI is InChI=1S/C10H10N2O3S/c1-14-7-4-3-6(5-8(7)15-2)9-11-12-10(13)16-9/h3-5H,1-2H3,(H,12,13). The minimum absolute atomic E-state index is 0.176. The van der Waals surface area contributed by atoms with Gasteiger partial charge in [0.15, 0.2) is 11.5 Å². The molecule has 0 atom stereocenters. The lowest BCUT2D eigenvalue weighted by atomic mass is 10.2. The molecule has 0 aliphatic carbocycles. The minimum Gasteiger partial charge on any atom is -0.493 e. The number of aromatic nitrogens is 2. The lowest BCUT2D eigenvalue weighted by Gasteiger charge is -2.07. The van der Waals surface area contributed by atoms with Crippen molar-refractivity contribution in [1.82, 2.24) is 10.2 Å². The second-order valence-corrected chi connectivity index (χ2v) is 3.95. The molecule has 2 aromatic rings. The molecule has 1 aromatic heterocycles. The first-order chi connectivity index (χ1) is 7.74. The minimum atomic E-state index is -0.176. The van der Waals surface area contributed by atoms with Gasteiger partial charge in [-0.3, -0.25) is 4.79 Å². The summed E-state index contributed by atoms with van der Waals surface area (Å²) in [5.41, 5.74) is 0.820. The Balaban J connectivity index is 2.47. The molecule has 0 saturated heterocycles. The molecular formula is C10H10N2O3S. The van der Waals surface area contributed by atoms with Crippen LogP contribution in [-0.4, -0.2) is 24.4 Å². The first-order valence-electron chi connectivity index (χ1n) is 4.52. The largest absolute Gasteiger partial charge is 0.493 e. The Labute approximate surface area is 95.7 Å². The third-order valence-corrected chi connectivity index (χ3v) is 2.87. The highest BCUT2D eigenvalue weighted by molar-refractivity contribution is 7.12. The second kappa shape index (κ2) is 4.36. The smallest absolute Gasteiger partial charge is 0.322 e. The Morgan fingerprint density at radius 3 is 2.56 bits per heavy atom. The third kappa shape index (κ3) is 1.92. The van der Waals surface area contributed by atoms with E-state index in [-0.39, 0.29) is 4.87 Å². The molecule has 0 unspecified atom stereocenters. The predicted molar refractivity (Wildman–Crippen MR) is 61.3 cm³/mol. The highest BCUT2D eigenvalue weighted by Gasteiger charge is 2.08. The van der Waals surface area contributed by atoms with Crippen LogP contribution in [0.5, 0.6) is 11.5 Å². The Kier molecular flexibility index (Phi) is 2.91. The first-order valence-corrected chi connectivity index (χ1v) is 5.34. The zero-order chi connectivity index (χ0) is 11.5. The monoisotopic (exact) mass is 238 g/mol. The van der Waals surface area contributed by atoms with E-state index in [0.717, 1.165) is 16.9 Å². The summed E-state index contributed by atoms with van der Waals surface area (Å²) >= 11 is 1.05. The number of hydrogen-bond donors (Lipinski definition) is 1. The van der Waals surface area contributed by atoms with Crippen molar-refractivity contribution in [1.29, 1.82) is 0 Å². The van der Waals surface area contributed by atoms with E-state index >= 15 is 0 Å². The van der Waals surface area contributed by atoms with Crippen LogP contribution in [0, 0.1) is 0 Å². The van der Waals surface area contributed by atoms with E-state index < -0.39 is 0 Å². The van der Waals surface area contributed by atoms with E-state index in [9.17, 15) is 4.79 Å². The lowest BCUT2D eigenvalue weighted by Crippen LogP contribution is -1.91. The van der Waals surface area contributed by atoms with Crippen LogP contribution < -0.4 is 14.3 Å². The van der Waals surface area contributed by atoms with Crippen molar-refractivity contribution in [3.63, 3.8) is 0 Å². The average molecular weight is 238 g/mol. The van der Waals surface area contributed by atoms with Crippen LogP contribution in [0.3, 0.4) is 0 Å². The summed E-state index contributed by atoms with van der Waals surface area (Å²) in [5.74, 6) is 1.26. The van der Waals surface area contributed by atoms with Gasteiger partial charge in [0.05, 0.1) is 14.2 Å². The van der Waals surface area contributed by atoms with E-state index in [1.165, 1.54) is 0 Å². The summed E-state index contributed by atoms with van der Waals surface area (Å²) in [7, 11) is 3.14. The molecule has 1 aromatic carbocycles. The number of nitrogens with zero attached hydrogens (tertiary/aromatic N) is 1. The number of benzene rings is 1. The Morgan fingerprint density at radius 1 is 1.25 bits per heavy atom. The molecule has 0 fully saturated rings. The van der Waals surface area contributed by atoms with Gasteiger partial charge in [0.1, 0.15) is 5.01 Å². The van der Waals surface area contributed by atoms with E-state index in [0.29, 0.717) is 16.5 Å². The molecule has 1 N–H and O–H groups in total. The molecule has 0 saturated carbocycles. The van der Waals surface area contributed by atoms with Gasteiger partial charge in [-0.05, 0) is 18.2 Å². The van der Waals surface area contributed by atoms with Crippen LogP contribution in [0.1, 0.15) is 0 Å². The van der Waals surface area contributed by atoms with Gasteiger partial charge in [-0.1, -0.05) is 11.3 Å². The van der Waals surface area contributed by atoms with Gasteiger partial charge >= 0.3 is 4.87 Å². The predicted octanol–water partition coefficient (Wildman–Crippen LogP) is 1.52. The molecule has 0 amide bonds. The Bertz CT molecular complexity index is 547. The Morgan fingerprint density at radius 2 is 2.00 bits per heavy atom. The van der Waals surface area contributed by atoms with Gasteiger partial charge in [0.2, 0.25) is 0 Å². The topological polar surface area (TPSA) is 64.2 Å². The molecule has 2 rings (SSSR count). The number of methoxy groups -OCH3 is 2. The zero-order valence-corrected chi connectivity index (χ0v) is 9.63. The zero-order valence-electron chi connectivity index (χ0n) is 8.81. The molecule has 1 heterocycles. The van der Waals surface area contributed by atoms with Gasteiger partial charge < -0.3 is 9.47 Å². The molecule has 84 valence electrons. The van der Waals surface area contributed by atoms with E-state index in [2.05, 4.69) is 10.2 Å². The van der Waals surface area contributed by atoms with Crippen molar-refractivity contribution in [2.75, 3.05) is 14.2 Å². The highest BCUT2D eigenvalue weighted by Crippen LogP contribution is 2.31. The maximum Gasteiger partial charge on any atom is 0.322 e. The highest BCUT2D eigenvalue weighted by atomic mass is 32.1. The van der Waals surface area contributed by atoms with Gasteiger partial charge in [-0.25, -0.2) is 5.10 Å². The van der Waals surface area contributed by atoms with Crippen molar-refractivity contribution in [3.05, 3.63) is 27.9 Å². The van der Waals surface area contributed by atoms with E-state index in [1.54, 1.807) is 26.4 Å².